The number of hydrogen-bond acceptors (Lipinski definition) is 4. The van der Waals surface area contributed by atoms with Gasteiger partial charge in [-0.1, -0.05) is 0 Å². The minimum atomic E-state index is -0.143. The zero-order chi connectivity index (χ0) is 8.97. The predicted molar refractivity (Wildman–Crippen MR) is 47.9 cm³/mol. The third kappa shape index (κ3) is 2.27. The second-order valence-electron chi connectivity index (χ2n) is 2.12. The number of thiazole rings is 1. The highest BCUT2D eigenvalue weighted by molar-refractivity contribution is 7.09. The summed E-state index contributed by atoms with van der Waals surface area (Å²) in [4.78, 5) is 15.0. The number of ketones is 1. The summed E-state index contributed by atoms with van der Waals surface area (Å²) in [5, 5.41) is 2.49. The van der Waals surface area contributed by atoms with E-state index in [1.165, 1.54) is 11.3 Å². The van der Waals surface area contributed by atoms with E-state index >= 15 is 0 Å². The van der Waals surface area contributed by atoms with Crippen LogP contribution in [0.4, 0.5) is 0 Å². The predicted octanol–water partition coefficient (Wildman–Crippen LogP) is 1.71. The molecule has 0 aromatic carbocycles. The Hall–Kier alpha value is -0.450. The third-order valence-electron chi connectivity index (χ3n) is 1.23. The summed E-state index contributed by atoms with van der Waals surface area (Å²) in [5.74, 6) is -0.161. The van der Waals surface area contributed by atoms with Crippen molar-refractivity contribution in [3.63, 3.8) is 0 Å². The molecule has 0 N–H and O–H groups in total. The van der Waals surface area contributed by atoms with E-state index in [4.69, 9.17) is 16.3 Å². The third-order valence-corrected chi connectivity index (χ3v) is 2.29. The van der Waals surface area contributed by atoms with Crippen LogP contribution in [0, 0.1) is 0 Å². The second kappa shape index (κ2) is 4.54. The topological polar surface area (TPSA) is 39.2 Å². The van der Waals surface area contributed by atoms with Crippen molar-refractivity contribution in [1.29, 1.82) is 0 Å². The van der Waals surface area contributed by atoms with Crippen LogP contribution < -0.4 is 0 Å². The molecule has 0 fully saturated rings. The molecule has 0 amide bonds. The van der Waals surface area contributed by atoms with Crippen molar-refractivity contribution >= 4 is 28.7 Å². The lowest BCUT2D eigenvalue weighted by Crippen LogP contribution is -2.00. The number of ether oxygens (including phenoxy) is 1. The number of methoxy groups -OCH3 is 1. The lowest BCUT2D eigenvalue weighted by Gasteiger charge is -1.90. The normalized spacial score (nSPS) is 10.2. The number of alkyl halides is 1. The van der Waals surface area contributed by atoms with E-state index in [1.54, 1.807) is 12.5 Å². The first-order valence-electron chi connectivity index (χ1n) is 3.30. The van der Waals surface area contributed by atoms with Crippen LogP contribution in [0.15, 0.2) is 5.38 Å². The van der Waals surface area contributed by atoms with Gasteiger partial charge < -0.3 is 4.74 Å². The lowest BCUT2D eigenvalue weighted by molar-refractivity contribution is 0.101. The average molecular weight is 206 g/mol. The van der Waals surface area contributed by atoms with Gasteiger partial charge in [-0.3, -0.25) is 4.79 Å². The second-order valence-corrected chi connectivity index (χ2v) is 3.33. The zero-order valence-electron chi connectivity index (χ0n) is 6.54. The van der Waals surface area contributed by atoms with Crippen molar-refractivity contribution < 1.29 is 9.53 Å². The van der Waals surface area contributed by atoms with Crippen LogP contribution >= 0.6 is 22.9 Å². The van der Waals surface area contributed by atoms with Crippen LogP contribution in [0.3, 0.4) is 0 Å². The molecule has 1 rings (SSSR count). The maximum Gasteiger partial charge on any atom is 0.196 e. The number of rotatable bonds is 4. The molecule has 0 aliphatic rings. The van der Waals surface area contributed by atoms with Gasteiger partial charge in [0.1, 0.15) is 10.7 Å². The number of aromatic nitrogens is 1. The molecule has 0 atom stereocenters. The summed E-state index contributed by atoms with van der Waals surface area (Å²) in [7, 11) is 1.59. The monoisotopic (exact) mass is 205 g/mol. The van der Waals surface area contributed by atoms with E-state index < -0.39 is 0 Å². The molecule has 12 heavy (non-hydrogen) atoms. The van der Waals surface area contributed by atoms with Crippen LogP contribution in [-0.2, 0) is 11.3 Å². The van der Waals surface area contributed by atoms with E-state index in [1.807, 2.05) is 0 Å². The number of Topliss-reactive ketones (excluding diaryl/α,β-unsaturated/α-hetero) is 1. The highest BCUT2D eigenvalue weighted by Gasteiger charge is 2.08. The van der Waals surface area contributed by atoms with Gasteiger partial charge in [0, 0.05) is 12.5 Å². The Morgan fingerprint density at radius 1 is 1.83 bits per heavy atom. The zero-order valence-corrected chi connectivity index (χ0v) is 8.11. The fourth-order valence-electron chi connectivity index (χ4n) is 0.697. The Kier molecular flexibility index (Phi) is 3.65. The molecule has 0 saturated carbocycles. The van der Waals surface area contributed by atoms with Gasteiger partial charge in [0.05, 0.1) is 12.5 Å². The first-order chi connectivity index (χ1) is 5.77. The molecule has 1 heterocycles. The first-order valence-corrected chi connectivity index (χ1v) is 4.72. The summed E-state index contributed by atoms with van der Waals surface area (Å²) in [6.45, 7) is 0.445. The Morgan fingerprint density at radius 2 is 2.58 bits per heavy atom. The van der Waals surface area contributed by atoms with Gasteiger partial charge in [-0.25, -0.2) is 4.98 Å². The van der Waals surface area contributed by atoms with Crippen LogP contribution in [0.5, 0.6) is 0 Å². The van der Waals surface area contributed by atoms with Crippen molar-refractivity contribution in [3.8, 4) is 0 Å². The molecule has 0 bridgehead atoms. The molecule has 0 unspecified atom stereocenters. The fourth-order valence-corrected chi connectivity index (χ4v) is 1.60. The van der Waals surface area contributed by atoms with Gasteiger partial charge in [-0.15, -0.1) is 22.9 Å². The van der Waals surface area contributed by atoms with Crippen molar-refractivity contribution in [3.05, 3.63) is 16.1 Å². The lowest BCUT2D eigenvalue weighted by atomic mass is 10.3. The van der Waals surface area contributed by atoms with Crippen LogP contribution in [0.2, 0.25) is 0 Å². The quantitative estimate of drug-likeness (QED) is 0.555. The SMILES string of the molecule is COCc1nc(C(=O)CCl)cs1. The molecule has 5 heteroatoms. The Bertz CT molecular complexity index is 274. The Balaban J connectivity index is 2.70. The van der Waals surface area contributed by atoms with E-state index in [9.17, 15) is 4.79 Å². The molecule has 0 aliphatic heterocycles. The number of halogens is 1. The number of carbonyl (C=O) groups is 1. The standard InChI is InChI=1S/C7H8ClNO2S/c1-11-3-7-9-5(4-12-7)6(10)2-8/h4H,2-3H2,1H3. The average Bonchev–Trinajstić information content (AvgIpc) is 2.52. The summed E-state index contributed by atoms with van der Waals surface area (Å²) in [5.41, 5.74) is 0.432. The van der Waals surface area contributed by atoms with Crippen molar-refractivity contribution in [2.45, 2.75) is 6.61 Å². The van der Waals surface area contributed by atoms with Crippen LogP contribution in [-0.4, -0.2) is 23.8 Å². The smallest absolute Gasteiger partial charge is 0.196 e. The van der Waals surface area contributed by atoms with Gasteiger partial charge in [0.2, 0.25) is 0 Å². The summed E-state index contributed by atoms with van der Waals surface area (Å²) >= 11 is 6.76. The number of carbonyl (C=O) groups excluding carboxylic acids is 1. The van der Waals surface area contributed by atoms with Crippen molar-refractivity contribution in [2.24, 2.45) is 0 Å². The van der Waals surface area contributed by atoms with Crippen molar-refractivity contribution in [2.75, 3.05) is 13.0 Å². The number of hydrogen-bond donors (Lipinski definition) is 0. The number of nitrogens with zero attached hydrogens (tertiary/aromatic N) is 1. The van der Waals surface area contributed by atoms with Gasteiger partial charge in [0.15, 0.2) is 5.78 Å². The Morgan fingerprint density at radius 3 is 3.17 bits per heavy atom. The Labute approximate surface area is 79.3 Å². The maximum absolute atomic E-state index is 11.0. The minimum absolute atomic E-state index is 0.0177. The molecule has 0 saturated heterocycles. The molecule has 0 radical (unpaired) electrons. The summed E-state index contributed by atoms with van der Waals surface area (Å²) in [6.07, 6.45) is 0. The molecule has 66 valence electrons. The van der Waals surface area contributed by atoms with E-state index in [0.29, 0.717) is 12.3 Å². The van der Waals surface area contributed by atoms with Crippen LogP contribution in [0.25, 0.3) is 0 Å². The van der Waals surface area contributed by atoms with Gasteiger partial charge in [-0.2, -0.15) is 0 Å². The maximum atomic E-state index is 11.0. The highest BCUT2D eigenvalue weighted by Crippen LogP contribution is 2.11. The molecular formula is C7H8ClNO2S. The summed E-state index contributed by atoms with van der Waals surface area (Å²) in [6, 6.07) is 0. The first kappa shape index (κ1) is 9.64. The largest absolute Gasteiger partial charge is 0.378 e. The van der Waals surface area contributed by atoms with Crippen LogP contribution in [0.1, 0.15) is 15.5 Å². The molecule has 1 aromatic rings. The van der Waals surface area contributed by atoms with Gasteiger partial charge in [-0.05, 0) is 0 Å². The molecule has 1 aromatic heterocycles. The molecule has 3 nitrogen and oxygen atoms in total. The fraction of sp³-hybridized carbons (Fsp3) is 0.429. The van der Waals surface area contributed by atoms with Crippen molar-refractivity contribution in [1.82, 2.24) is 4.98 Å². The van der Waals surface area contributed by atoms with Gasteiger partial charge in [0.25, 0.3) is 0 Å². The van der Waals surface area contributed by atoms with E-state index in [2.05, 4.69) is 4.98 Å². The minimum Gasteiger partial charge on any atom is -0.378 e. The van der Waals surface area contributed by atoms with Gasteiger partial charge >= 0.3 is 0 Å². The molecular weight excluding hydrogens is 198 g/mol. The highest BCUT2D eigenvalue weighted by atomic mass is 35.5. The van der Waals surface area contributed by atoms with E-state index in [-0.39, 0.29) is 11.7 Å². The summed E-state index contributed by atoms with van der Waals surface area (Å²) < 4.78 is 4.86. The molecule has 0 aliphatic carbocycles. The molecule has 0 spiro atoms. The van der Waals surface area contributed by atoms with E-state index in [0.717, 1.165) is 5.01 Å².